The van der Waals surface area contributed by atoms with E-state index in [1.807, 2.05) is 13.0 Å². The molecule has 0 fully saturated rings. The molecule has 0 N–H and O–H groups in total. The van der Waals surface area contributed by atoms with Crippen LogP contribution in [0.1, 0.15) is 47.9 Å². The number of halogens is 1. The molecule has 1 aromatic rings. The van der Waals surface area contributed by atoms with Gasteiger partial charge in [0.1, 0.15) is 0 Å². The van der Waals surface area contributed by atoms with Crippen molar-refractivity contribution < 1.29 is 4.79 Å². The van der Waals surface area contributed by atoms with Crippen molar-refractivity contribution in [2.24, 2.45) is 0 Å². The van der Waals surface area contributed by atoms with E-state index in [0.29, 0.717) is 12.3 Å². The van der Waals surface area contributed by atoms with E-state index in [-0.39, 0.29) is 5.78 Å². The first kappa shape index (κ1) is 13.3. The van der Waals surface area contributed by atoms with Gasteiger partial charge in [-0.1, -0.05) is 6.92 Å². The van der Waals surface area contributed by atoms with E-state index in [9.17, 15) is 4.79 Å². The highest BCUT2D eigenvalue weighted by atomic mass is 35.5. The lowest BCUT2D eigenvalue weighted by Gasteiger charge is -2.07. The largest absolute Gasteiger partial charge is 0.348 e. The van der Waals surface area contributed by atoms with Crippen LogP contribution in [-0.2, 0) is 6.54 Å². The molecule has 2 nitrogen and oxygen atoms in total. The van der Waals surface area contributed by atoms with Gasteiger partial charge in [0.15, 0.2) is 5.78 Å². The fourth-order valence-electron chi connectivity index (χ4n) is 2.01. The quantitative estimate of drug-likeness (QED) is 0.550. The molecule has 90 valence electrons. The first-order valence-electron chi connectivity index (χ1n) is 5.87. The minimum Gasteiger partial charge on any atom is -0.348 e. The van der Waals surface area contributed by atoms with E-state index >= 15 is 0 Å². The Hall–Kier alpha value is -0.760. The molecule has 0 saturated carbocycles. The Labute approximate surface area is 103 Å². The van der Waals surface area contributed by atoms with Crippen molar-refractivity contribution >= 4 is 17.4 Å². The van der Waals surface area contributed by atoms with Crippen LogP contribution in [0.5, 0.6) is 0 Å². The number of alkyl halides is 1. The van der Waals surface area contributed by atoms with E-state index in [2.05, 4.69) is 18.4 Å². The van der Waals surface area contributed by atoms with Crippen molar-refractivity contribution in [1.29, 1.82) is 0 Å². The van der Waals surface area contributed by atoms with Crippen LogP contribution in [0.3, 0.4) is 0 Å². The number of carbonyl (C=O) groups is 1. The Kier molecular flexibility index (Phi) is 5.07. The molecule has 0 aromatic carbocycles. The van der Waals surface area contributed by atoms with Crippen molar-refractivity contribution in [2.75, 3.05) is 5.88 Å². The maximum absolute atomic E-state index is 11.9. The van der Waals surface area contributed by atoms with Crippen LogP contribution in [0.25, 0.3) is 0 Å². The van der Waals surface area contributed by atoms with Gasteiger partial charge in [-0.25, -0.2) is 0 Å². The average Bonchev–Trinajstić information content (AvgIpc) is 2.54. The fourth-order valence-corrected chi connectivity index (χ4v) is 2.15. The van der Waals surface area contributed by atoms with Gasteiger partial charge in [-0.15, -0.1) is 11.6 Å². The number of hydrogen-bond acceptors (Lipinski definition) is 1. The van der Waals surface area contributed by atoms with Gasteiger partial charge in [-0.2, -0.15) is 0 Å². The van der Waals surface area contributed by atoms with Crippen LogP contribution in [0.15, 0.2) is 6.07 Å². The average molecular weight is 242 g/mol. The molecule has 0 atom stereocenters. The topological polar surface area (TPSA) is 22.0 Å². The second-order valence-corrected chi connectivity index (χ2v) is 4.53. The van der Waals surface area contributed by atoms with Crippen LogP contribution in [0, 0.1) is 13.8 Å². The number of Topliss-reactive ketones (excluding diaryl/α,β-unsaturated/α-hetero) is 1. The summed E-state index contributed by atoms with van der Waals surface area (Å²) in [7, 11) is 0. The normalized spacial score (nSPS) is 10.8. The van der Waals surface area contributed by atoms with Crippen LogP contribution < -0.4 is 0 Å². The van der Waals surface area contributed by atoms with Gasteiger partial charge in [-0.3, -0.25) is 4.79 Å². The summed E-state index contributed by atoms with van der Waals surface area (Å²) in [6, 6.07) is 2.00. The molecule has 0 saturated heterocycles. The second kappa shape index (κ2) is 6.09. The molecule has 0 amide bonds. The third kappa shape index (κ3) is 2.88. The van der Waals surface area contributed by atoms with Gasteiger partial charge >= 0.3 is 0 Å². The summed E-state index contributed by atoms with van der Waals surface area (Å²) in [5.41, 5.74) is 3.14. The van der Waals surface area contributed by atoms with Crippen LogP contribution in [0.2, 0.25) is 0 Å². The van der Waals surface area contributed by atoms with E-state index in [1.165, 1.54) is 5.69 Å². The maximum atomic E-state index is 11.9. The van der Waals surface area contributed by atoms with E-state index in [4.69, 9.17) is 11.6 Å². The highest BCUT2D eigenvalue weighted by Gasteiger charge is 2.14. The van der Waals surface area contributed by atoms with Crippen molar-refractivity contribution in [2.45, 2.75) is 46.6 Å². The van der Waals surface area contributed by atoms with Gasteiger partial charge in [-0.05, 0) is 32.8 Å². The number of carbonyl (C=O) groups excluding carboxylic acids is 1. The summed E-state index contributed by atoms with van der Waals surface area (Å²) < 4.78 is 2.22. The molecular weight excluding hydrogens is 222 g/mol. The van der Waals surface area contributed by atoms with Gasteiger partial charge < -0.3 is 4.57 Å². The molecule has 1 heterocycles. The molecule has 0 bridgehead atoms. The minimum atomic E-state index is 0.219. The summed E-state index contributed by atoms with van der Waals surface area (Å²) in [5.74, 6) is 0.774. The van der Waals surface area contributed by atoms with Crippen molar-refractivity contribution in [3.63, 3.8) is 0 Å². The first-order chi connectivity index (χ1) is 7.61. The molecule has 0 aliphatic rings. The number of aryl methyl sites for hydroxylation is 1. The Balaban J connectivity index is 2.89. The third-order valence-corrected chi connectivity index (χ3v) is 3.13. The van der Waals surface area contributed by atoms with Crippen molar-refractivity contribution in [3.05, 3.63) is 23.0 Å². The van der Waals surface area contributed by atoms with Gasteiger partial charge in [0.05, 0.1) is 0 Å². The number of aromatic nitrogens is 1. The molecule has 0 radical (unpaired) electrons. The molecular formula is C13H20ClNO. The van der Waals surface area contributed by atoms with Crippen LogP contribution >= 0.6 is 11.6 Å². The molecule has 1 aromatic heterocycles. The van der Waals surface area contributed by atoms with Crippen LogP contribution in [-0.4, -0.2) is 16.2 Å². The summed E-state index contributed by atoms with van der Waals surface area (Å²) in [6.07, 6.45) is 2.41. The Morgan fingerprint density at radius 3 is 2.69 bits per heavy atom. The number of rotatable bonds is 6. The molecule has 16 heavy (non-hydrogen) atoms. The predicted molar refractivity (Wildman–Crippen MR) is 68.5 cm³/mol. The zero-order valence-corrected chi connectivity index (χ0v) is 11.1. The third-order valence-electron chi connectivity index (χ3n) is 2.86. The Morgan fingerprint density at radius 1 is 1.44 bits per heavy atom. The number of hydrogen-bond donors (Lipinski definition) is 0. The first-order valence-corrected chi connectivity index (χ1v) is 6.41. The molecule has 0 unspecified atom stereocenters. The summed E-state index contributed by atoms with van der Waals surface area (Å²) in [4.78, 5) is 11.9. The van der Waals surface area contributed by atoms with E-state index < -0.39 is 0 Å². The highest BCUT2D eigenvalue weighted by Crippen LogP contribution is 2.18. The Bertz CT molecular complexity index is 368. The molecule has 0 aliphatic heterocycles. The lowest BCUT2D eigenvalue weighted by atomic mass is 10.1. The maximum Gasteiger partial charge on any atom is 0.164 e. The Morgan fingerprint density at radius 2 is 2.12 bits per heavy atom. The SMILES string of the molecule is CCCn1c(C)cc(C(=O)CCCCl)c1C. The summed E-state index contributed by atoms with van der Waals surface area (Å²) in [6.45, 7) is 7.21. The second-order valence-electron chi connectivity index (χ2n) is 4.15. The summed E-state index contributed by atoms with van der Waals surface area (Å²) in [5, 5.41) is 0. The zero-order chi connectivity index (χ0) is 12.1. The van der Waals surface area contributed by atoms with E-state index in [0.717, 1.165) is 30.6 Å². The van der Waals surface area contributed by atoms with Gasteiger partial charge in [0.25, 0.3) is 0 Å². The fraction of sp³-hybridized carbons (Fsp3) is 0.615. The van der Waals surface area contributed by atoms with Gasteiger partial charge in [0, 0.05) is 35.8 Å². The van der Waals surface area contributed by atoms with E-state index in [1.54, 1.807) is 0 Å². The number of nitrogens with zero attached hydrogens (tertiary/aromatic N) is 1. The van der Waals surface area contributed by atoms with Crippen LogP contribution in [0.4, 0.5) is 0 Å². The lowest BCUT2D eigenvalue weighted by Crippen LogP contribution is -2.05. The number of ketones is 1. The smallest absolute Gasteiger partial charge is 0.164 e. The van der Waals surface area contributed by atoms with Crippen molar-refractivity contribution in [3.8, 4) is 0 Å². The zero-order valence-electron chi connectivity index (χ0n) is 10.3. The highest BCUT2D eigenvalue weighted by molar-refractivity contribution is 6.18. The molecule has 0 aliphatic carbocycles. The molecule has 1 rings (SSSR count). The van der Waals surface area contributed by atoms with Gasteiger partial charge in [0.2, 0.25) is 0 Å². The summed E-state index contributed by atoms with van der Waals surface area (Å²) >= 11 is 5.60. The molecule has 0 spiro atoms. The predicted octanol–water partition coefficient (Wildman–Crippen LogP) is 3.72. The standard InChI is InChI=1S/C13H20ClNO/c1-4-8-15-10(2)9-12(11(15)3)13(16)6-5-7-14/h9H,4-8H2,1-3H3. The van der Waals surface area contributed by atoms with Crippen molar-refractivity contribution in [1.82, 2.24) is 4.57 Å². The monoisotopic (exact) mass is 241 g/mol. The molecule has 3 heteroatoms. The minimum absolute atomic E-state index is 0.219. The lowest BCUT2D eigenvalue weighted by molar-refractivity contribution is 0.0981.